The van der Waals surface area contributed by atoms with E-state index in [0.29, 0.717) is 12.3 Å². The number of anilines is 1. The molecule has 0 heterocycles. The van der Waals surface area contributed by atoms with E-state index in [0.717, 1.165) is 12.1 Å². The maximum atomic E-state index is 11.9. The van der Waals surface area contributed by atoms with Crippen molar-refractivity contribution in [2.24, 2.45) is 5.92 Å². The van der Waals surface area contributed by atoms with Gasteiger partial charge in [-0.1, -0.05) is 31.9 Å². The summed E-state index contributed by atoms with van der Waals surface area (Å²) >= 11 is 0. The Hall–Kier alpha value is -1.31. The van der Waals surface area contributed by atoms with Crippen LogP contribution in [0.5, 0.6) is 0 Å². The average Bonchev–Trinajstić information content (AvgIpc) is 2.82. The van der Waals surface area contributed by atoms with Crippen molar-refractivity contribution in [3.63, 3.8) is 0 Å². The Labute approximate surface area is 103 Å². The highest BCUT2D eigenvalue weighted by Gasteiger charge is 2.18. The van der Waals surface area contributed by atoms with Gasteiger partial charge in [-0.15, -0.1) is 0 Å². The molecule has 0 bridgehead atoms. The van der Waals surface area contributed by atoms with Crippen molar-refractivity contribution in [2.45, 2.75) is 45.4 Å². The van der Waals surface area contributed by atoms with Crippen molar-refractivity contribution in [3.05, 3.63) is 29.8 Å². The number of nitrogens with one attached hydrogen (secondary N) is 1. The second-order valence-electron chi connectivity index (χ2n) is 4.96. The summed E-state index contributed by atoms with van der Waals surface area (Å²) in [6, 6.07) is 8.12. The molecule has 0 aromatic heterocycles. The molecular weight excluding hydrogens is 210 g/mol. The van der Waals surface area contributed by atoms with E-state index >= 15 is 0 Å². The zero-order valence-corrected chi connectivity index (χ0v) is 10.5. The number of amides is 1. The zero-order valence-electron chi connectivity index (χ0n) is 10.5. The molecular formula is C15H21NO. The summed E-state index contributed by atoms with van der Waals surface area (Å²) in [4.78, 5) is 11.9. The highest BCUT2D eigenvalue weighted by molar-refractivity contribution is 5.90. The Bertz CT molecular complexity index is 380. The molecule has 1 saturated carbocycles. The predicted molar refractivity (Wildman–Crippen MR) is 71.0 cm³/mol. The molecule has 1 aromatic carbocycles. The molecule has 0 unspecified atom stereocenters. The van der Waals surface area contributed by atoms with E-state index in [1.54, 1.807) is 0 Å². The number of aryl methyl sites for hydroxylation is 1. The molecule has 1 aromatic rings. The number of carbonyl (C=O) groups excluding carboxylic acids is 1. The Morgan fingerprint density at radius 3 is 2.82 bits per heavy atom. The van der Waals surface area contributed by atoms with Crippen LogP contribution in [0.25, 0.3) is 0 Å². The molecule has 1 aliphatic rings. The monoisotopic (exact) mass is 231 g/mol. The van der Waals surface area contributed by atoms with Crippen LogP contribution in [-0.2, 0) is 11.2 Å². The average molecular weight is 231 g/mol. The molecule has 1 aliphatic carbocycles. The second-order valence-corrected chi connectivity index (χ2v) is 4.96. The SMILES string of the molecule is CCc1cccc(NC(=O)CC2CCCC2)c1. The van der Waals surface area contributed by atoms with E-state index in [-0.39, 0.29) is 5.91 Å². The molecule has 1 amide bonds. The van der Waals surface area contributed by atoms with Crippen LogP contribution in [0, 0.1) is 5.92 Å². The smallest absolute Gasteiger partial charge is 0.224 e. The van der Waals surface area contributed by atoms with Gasteiger partial charge in [-0.3, -0.25) is 4.79 Å². The van der Waals surface area contributed by atoms with E-state index in [2.05, 4.69) is 24.4 Å². The van der Waals surface area contributed by atoms with E-state index in [1.165, 1.54) is 31.2 Å². The van der Waals surface area contributed by atoms with Gasteiger partial charge >= 0.3 is 0 Å². The van der Waals surface area contributed by atoms with E-state index in [9.17, 15) is 4.79 Å². The molecule has 2 heteroatoms. The van der Waals surface area contributed by atoms with Crippen molar-refractivity contribution in [3.8, 4) is 0 Å². The molecule has 2 rings (SSSR count). The summed E-state index contributed by atoms with van der Waals surface area (Å²) in [5.41, 5.74) is 2.20. The topological polar surface area (TPSA) is 29.1 Å². The first-order valence-electron chi connectivity index (χ1n) is 6.66. The van der Waals surface area contributed by atoms with Gasteiger partial charge in [0.1, 0.15) is 0 Å². The third-order valence-corrected chi connectivity index (χ3v) is 3.57. The summed E-state index contributed by atoms with van der Waals surface area (Å²) in [5.74, 6) is 0.787. The number of hydrogen-bond acceptors (Lipinski definition) is 1. The largest absolute Gasteiger partial charge is 0.326 e. The fraction of sp³-hybridized carbons (Fsp3) is 0.533. The van der Waals surface area contributed by atoms with Crippen molar-refractivity contribution < 1.29 is 4.79 Å². The van der Waals surface area contributed by atoms with Gasteiger partial charge in [0.05, 0.1) is 0 Å². The van der Waals surface area contributed by atoms with Crippen molar-refractivity contribution in [2.75, 3.05) is 5.32 Å². The van der Waals surface area contributed by atoms with Crippen molar-refractivity contribution in [1.82, 2.24) is 0 Å². The lowest BCUT2D eigenvalue weighted by Crippen LogP contribution is -2.15. The third-order valence-electron chi connectivity index (χ3n) is 3.57. The lowest BCUT2D eigenvalue weighted by Gasteiger charge is -2.10. The summed E-state index contributed by atoms with van der Waals surface area (Å²) in [6.07, 6.45) is 6.74. The first-order chi connectivity index (χ1) is 8.28. The summed E-state index contributed by atoms with van der Waals surface area (Å²) in [5, 5.41) is 3.00. The van der Waals surface area contributed by atoms with Crippen LogP contribution in [0.1, 0.15) is 44.6 Å². The van der Waals surface area contributed by atoms with E-state index in [4.69, 9.17) is 0 Å². The lowest BCUT2D eigenvalue weighted by molar-refractivity contribution is -0.117. The number of hydrogen-bond donors (Lipinski definition) is 1. The number of carbonyl (C=O) groups is 1. The molecule has 0 spiro atoms. The first-order valence-corrected chi connectivity index (χ1v) is 6.66. The third kappa shape index (κ3) is 3.58. The van der Waals surface area contributed by atoms with E-state index < -0.39 is 0 Å². The van der Waals surface area contributed by atoms with Gasteiger partial charge in [0.25, 0.3) is 0 Å². The zero-order chi connectivity index (χ0) is 12.1. The molecule has 0 atom stereocenters. The minimum Gasteiger partial charge on any atom is -0.326 e. The molecule has 2 nitrogen and oxygen atoms in total. The molecule has 1 fully saturated rings. The molecule has 0 saturated heterocycles. The van der Waals surface area contributed by atoms with Crippen LogP contribution in [0.3, 0.4) is 0 Å². The van der Waals surface area contributed by atoms with Gasteiger partial charge in [-0.25, -0.2) is 0 Å². The van der Waals surface area contributed by atoms with Gasteiger partial charge in [0.2, 0.25) is 5.91 Å². The summed E-state index contributed by atoms with van der Waals surface area (Å²) in [6.45, 7) is 2.12. The normalized spacial score (nSPS) is 16.1. The minimum atomic E-state index is 0.171. The Balaban J connectivity index is 1.88. The molecule has 1 N–H and O–H groups in total. The fourth-order valence-corrected chi connectivity index (χ4v) is 2.56. The summed E-state index contributed by atoms with van der Waals surface area (Å²) < 4.78 is 0. The maximum Gasteiger partial charge on any atom is 0.224 e. The van der Waals surface area contributed by atoms with Crippen molar-refractivity contribution in [1.29, 1.82) is 0 Å². The fourth-order valence-electron chi connectivity index (χ4n) is 2.56. The van der Waals surface area contributed by atoms with Crippen LogP contribution in [0.2, 0.25) is 0 Å². The Morgan fingerprint density at radius 2 is 2.12 bits per heavy atom. The van der Waals surface area contributed by atoms with Crippen LogP contribution < -0.4 is 5.32 Å². The van der Waals surface area contributed by atoms with Gasteiger partial charge in [0.15, 0.2) is 0 Å². The van der Waals surface area contributed by atoms with Gasteiger partial charge in [-0.05, 0) is 42.9 Å². The highest BCUT2D eigenvalue weighted by atomic mass is 16.1. The van der Waals surface area contributed by atoms with Gasteiger partial charge in [-0.2, -0.15) is 0 Å². The minimum absolute atomic E-state index is 0.171. The second kappa shape index (κ2) is 5.85. The highest BCUT2D eigenvalue weighted by Crippen LogP contribution is 2.27. The number of rotatable bonds is 4. The van der Waals surface area contributed by atoms with Crippen LogP contribution >= 0.6 is 0 Å². The molecule has 0 aliphatic heterocycles. The van der Waals surface area contributed by atoms with Gasteiger partial charge in [0, 0.05) is 12.1 Å². The Kier molecular flexibility index (Phi) is 4.18. The molecule has 92 valence electrons. The van der Waals surface area contributed by atoms with Crippen molar-refractivity contribution >= 4 is 11.6 Å². The standard InChI is InChI=1S/C15H21NO/c1-2-12-8-5-9-14(10-12)16-15(17)11-13-6-3-4-7-13/h5,8-10,13H,2-4,6-7,11H2,1H3,(H,16,17). The van der Waals surface area contributed by atoms with Crippen LogP contribution in [0.15, 0.2) is 24.3 Å². The van der Waals surface area contributed by atoms with Crippen LogP contribution in [0.4, 0.5) is 5.69 Å². The predicted octanol–water partition coefficient (Wildman–Crippen LogP) is 3.77. The number of benzene rings is 1. The Morgan fingerprint density at radius 1 is 1.35 bits per heavy atom. The lowest BCUT2D eigenvalue weighted by atomic mass is 10.0. The maximum absolute atomic E-state index is 11.9. The quantitative estimate of drug-likeness (QED) is 0.839. The molecule has 17 heavy (non-hydrogen) atoms. The van der Waals surface area contributed by atoms with E-state index in [1.807, 2.05) is 12.1 Å². The first kappa shape index (κ1) is 12.2. The summed E-state index contributed by atoms with van der Waals surface area (Å²) in [7, 11) is 0. The van der Waals surface area contributed by atoms with Crippen LogP contribution in [-0.4, -0.2) is 5.91 Å². The van der Waals surface area contributed by atoms with Gasteiger partial charge < -0.3 is 5.32 Å². The molecule has 0 radical (unpaired) electrons.